The van der Waals surface area contributed by atoms with Gasteiger partial charge in [0.2, 0.25) is 0 Å². The van der Waals surface area contributed by atoms with E-state index in [-0.39, 0.29) is 26.1 Å². The molecule has 5 heteroatoms. The van der Waals surface area contributed by atoms with Gasteiger partial charge in [0.25, 0.3) is 0 Å². The minimum atomic E-state index is -0.454. The van der Waals surface area contributed by atoms with Gasteiger partial charge in [-0.3, -0.25) is 9.59 Å². The van der Waals surface area contributed by atoms with E-state index in [4.69, 9.17) is 9.47 Å². The highest BCUT2D eigenvalue weighted by molar-refractivity contribution is 5.78. The zero-order chi connectivity index (χ0) is 16.2. The molecular formula is C17H20O5. The van der Waals surface area contributed by atoms with Crippen molar-refractivity contribution in [2.24, 2.45) is 5.92 Å². The topological polar surface area (TPSA) is 69.7 Å². The molecule has 5 nitrogen and oxygen atoms in total. The summed E-state index contributed by atoms with van der Waals surface area (Å²) < 4.78 is 10.5. The third-order valence-corrected chi connectivity index (χ3v) is 3.09. The molecule has 0 fully saturated rings. The third kappa shape index (κ3) is 6.35. The van der Waals surface area contributed by atoms with Crippen LogP contribution in [0.4, 0.5) is 0 Å². The third-order valence-electron chi connectivity index (χ3n) is 3.09. The average molecular weight is 304 g/mol. The molecule has 1 rings (SSSR count). The summed E-state index contributed by atoms with van der Waals surface area (Å²) in [6.07, 6.45) is 3.09. The van der Waals surface area contributed by atoms with Gasteiger partial charge in [0.05, 0.1) is 6.42 Å². The Morgan fingerprint density at radius 1 is 1.18 bits per heavy atom. The molecule has 22 heavy (non-hydrogen) atoms. The molecular weight excluding hydrogens is 284 g/mol. The standard InChI is InChI=1S/C17H20O5/c1-2-14(13-19)15(8-9-18)12-17(20)22-11-10-21-16-6-4-3-5-7-16/h2-7,9,13,15H,8,10-12H2,1H3/b14-2-/t15-/m0/s1. The number of benzene rings is 1. The van der Waals surface area contributed by atoms with E-state index >= 15 is 0 Å². The molecule has 0 saturated heterocycles. The fourth-order valence-corrected chi connectivity index (χ4v) is 1.95. The predicted molar refractivity (Wildman–Crippen MR) is 81.5 cm³/mol. The number of carbonyl (C=O) groups is 3. The van der Waals surface area contributed by atoms with Crippen LogP contribution in [0.1, 0.15) is 19.8 Å². The highest BCUT2D eigenvalue weighted by atomic mass is 16.6. The number of hydrogen-bond acceptors (Lipinski definition) is 5. The Labute approximate surface area is 129 Å². The van der Waals surface area contributed by atoms with E-state index in [0.717, 1.165) is 0 Å². The van der Waals surface area contributed by atoms with Gasteiger partial charge in [-0.1, -0.05) is 24.3 Å². The monoisotopic (exact) mass is 304 g/mol. The first-order chi connectivity index (χ1) is 10.7. The van der Waals surface area contributed by atoms with Crippen LogP contribution in [0.3, 0.4) is 0 Å². The summed E-state index contributed by atoms with van der Waals surface area (Å²) in [7, 11) is 0. The van der Waals surface area contributed by atoms with Crippen LogP contribution < -0.4 is 4.74 Å². The maximum Gasteiger partial charge on any atom is 0.306 e. The summed E-state index contributed by atoms with van der Waals surface area (Å²) in [6, 6.07) is 9.20. The lowest BCUT2D eigenvalue weighted by molar-refractivity contribution is -0.145. The van der Waals surface area contributed by atoms with Crippen molar-refractivity contribution in [3.05, 3.63) is 42.0 Å². The number of esters is 1. The Balaban J connectivity index is 2.34. The molecule has 1 aromatic carbocycles. The molecule has 0 amide bonds. The van der Waals surface area contributed by atoms with Gasteiger partial charge in [-0.05, 0) is 24.6 Å². The van der Waals surface area contributed by atoms with Gasteiger partial charge in [0.15, 0.2) is 0 Å². The van der Waals surface area contributed by atoms with Crippen LogP contribution in [-0.2, 0) is 19.1 Å². The van der Waals surface area contributed by atoms with E-state index in [1.807, 2.05) is 30.3 Å². The Hall–Kier alpha value is -2.43. The van der Waals surface area contributed by atoms with Gasteiger partial charge in [-0.2, -0.15) is 0 Å². The Bertz CT molecular complexity index is 507. The van der Waals surface area contributed by atoms with Crippen molar-refractivity contribution >= 4 is 18.5 Å². The second-order valence-corrected chi connectivity index (χ2v) is 4.59. The zero-order valence-corrected chi connectivity index (χ0v) is 12.6. The normalized spacial score (nSPS) is 12.3. The molecule has 1 aromatic rings. The summed E-state index contributed by atoms with van der Waals surface area (Å²) in [4.78, 5) is 33.3. The molecule has 0 aliphatic carbocycles. The summed E-state index contributed by atoms with van der Waals surface area (Å²) in [6.45, 7) is 2.06. The first kappa shape index (κ1) is 17.6. The molecule has 0 spiro atoms. The van der Waals surface area contributed by atoms with E-state index < -0.39 is 11.9 Å². The number of ether oxygens (including phenoxy) is 2. The Kier molecular flexibility index (Phi) is 8.27. The fraction of sp³-hybridized carbons (Fsp3) is 0.353. The zero-order valence-electron chi connectivity index (χ0n) is 12.6. The maximum absolute atomic E-state index is 11.7. The molecule has 0 saturated carbocycles. The number of rotatable bonds is 10. The van der Waals surface area contributed by atoms with Crippen LogP contribution in [0.25, 0.3) is 0 Å². The summed E-state index contributed by atoms with van der Waals surface area (Å²) in [5.41, 5.74) is 0.435. The molecule has 0 heterocycles. The lowest BCUT2D eigenvalue weighted by atomic mass is 9.93. The Morgan fingerprint density at radius 3 is 2.50 bits per heavy atom. The number of allylic oxidation sites excluding steroid dienone is 2. The molecule has 0 N–H and O–H groups in total. The molecule has 0 bridgehead atoms. The van der Waals surface area contributed by atoms with Crippen LogP contribution in [0.2, 0.25) is 0 Å². The fourth-order valence-electron chi connectivity index (χ4n) is 1.95. The summed E-state index contributed by atoms with van der Waals surface area (Å²) in [5, 5.41) is 0. The number of para-hydroxylation sites is 1. The van der Waals surface area contributed by atoms with Crippen LogP contribution in [-0.4, -0.2) is 31.8 Å². The highest BCUT2D eigenvalue weighted by Crippen LogP contribution is 2.17. The SMILES string of the molecule is C/C=C(/C=O)[C@@H](CC=O)CC(=O)OCCOc1ccccc1. The molecule has 0 aromatic heterocycles. The van der Waals surface area contributed by atoms with Crippen molar-refractivity contribution in [2.75, 3.05) is 13.2 Å². The van der Waals surface area contributed by atoms with Crippen LogP contribution in [0, 0.1) is 5.92 Å². The van der Waals surface area contributed by atoms with E-state index in [2.05, 4.69) is 0 Å². The highest BCUT2D eigenvalue weighted by Gasteiger charge is 2.18. The van der Waals surface area contributed by atoms with Gasteiger partial charge in [-0.25, -0.2) is 0 Å². The first-order valence-electron chi connectivity index (χ1n) is 7.09. The van der Waals surface area contributed by atoms with Crippen molar-refractivity contribution < 1.29 is 23.9 Å². The van der Waals surface area contributed by atoms with Crippen molar-refractivity contribution in [3.63, 3.8) is 0 Å². The quantitative estimate of drug-likeness (QED) is 0.287. The van der Waals surface area contributed by atoms with Crippen molar-refractivity contribution in [1.82, 2.24) is 0 Å². The van der Waals surface area contributed by atoms with Crippen LogP contribution in [0.15, 0.2) is 42.0 Å². The van der Waals surface area contributed by atoms with Crippen molar-refractivity contribution in [1.29, 1.82) is 0 Å². The van der Waals surface area contributed by atoms with Gasteiger partial charge in [-0.15, -0.1) is 0 Å². The maximum atomic E-state index is 11.7. The second kappa shape index (κ2) is 10.3. The number of aldehydes is 2. The average Bonchev–Trinajstić information content (AvgIpc) is 2.54. The van der Waals surface area contributed by atoms with E-state index in [9.17, 15) is 14.4 Å². The molecule has 0 aliphatic heterocycles. The van der Waals surface area contributed by atoms with Gasteiger partial charge < -0.3 is 14.3 Å². The van der Waals surface area contributed by atoms with Gasteiger partial charge >= 0.3 is 5.97 Å². The lowest BCUT2D eigenvalue weighted by Crippen LogP contribution is -2.17. The van der Waals surface area contributed by atoms with E-state index in [1.54, 1.807) is 13.0 Å². The predicted octanol–water partition coefficient (Wildman–Crippen LogP) is 2.35. The summed E-state index contributed by atoms with van der Waals surface area (Å²) >= 11 is 0. The minimum Gasteiger partial charge on any atom is -0.490 e. The largest absolute Gasteiger partial charge is 0.490 e. The molecule has 0 aliphatic rings. The smallest absolute Gasteiger partial charge is 0.306 e. The lowest BCUT2D eigenvalue weighted by Gasteiger charge is -2.13. The van der Waals surface area contributed by atoms with Crippen LogP contribution in [0.5, 0.6) is 5.75 Å². The first-order valence-corrected chi connectivity index (χ1v) is 7.09. The molecule has 118 valence electrons. The van der Waals surface area contributed by atoms with Gasteiger partial charge in [0.1, 0.15) is 31.5 Å². The van der Waals surface area contributed by atoms with Crippen molar-refractivity contribution in [3.8, 4) is 5.75 Å². The van der Waals surface area contributed by atoms with E-state index in [0.29, 0.717) is 23.9 Å². The van der Waals surface area contributed by atoms with E-state index in [1.165, 1.54) is 0 Å². The second-order valence-electron chi connectivity index (χ2n) is 4.59. The summed E-state index contributed by atoms with van der Waals surface area (Å²) in [5.74, 6) is -0.179. The number of carbonyl (C=O) groups excluding carboxylic acids is 3. The molecule has 0 radical (unpaired) electrons. The van der Waals surface area contributed by atoms with Crippen molar-refractivity contribution in [2.45, 2.75) is 19.8 Å². The van der Waals surface area contributed by atoms with Gasteiger partial charge in [0, 0.05) is 12.3 Å². The Morgan fingerprint density at radius 2 is 1.91 bits per heavy atom. The van der Waals surface area contributed by atoms with Crippen LogP contribution >= 0.6 is 0 Å². The minimum absolute atomic E-state index is 0.00247. The number of hydrogen-bond donors (Lipinski definition) is 0. The molecule has 0 unspecified atom stereocenters. The molecule has 1 atom stereocenters.